The largest absolute Gasteiger partial charge is 0.422 e. The number of nitrogens with zero attached hydrogens (tertiary/aromatic N) is 1. The number of nitrogens with one attached hydrogen (secondary N) is 1. The summed E-state index contributed by atoms with van der Waals surface area (Å²) in [5, 5.41) is 3.63. The molecule has 0 radical (unpaired) electrons. The van der Waals surface area contributed by atoms with Crippen LogP contribution in [0.5, 0.6) is 0 Å². The van der Waals surface area contributed by atoms with Gasteiger partial charge in [0.05, 0.1) is 18.1 Å². The van der Waals surface area contributed by atoms with Gasteiger partial charge in [-0.2, -0.15) is 0 Å². The van der Waals surface area contributed by atoms with E-state index in [1.165, 1.54) is 6.07 Å². The minimum Gasteiger partial charge on any atom is -0.422 e. The maximum absolute atomic E-state index is 12.2. The summed E-state index contributed by atoms with van der Waals surface area (Å²) in [5.41, 5.74) is 2.92. The van der Waals surface area contributed by atoms with E-state index >= 15 is 0 Å². The van der Waals surface area contributed by atoms with Crippen LogP contribution in [-0.2, 0) is 21.2 Å². The Morgan fingerprint density at radius 2 is 2.07 bits per heavy atom. The minimum absolute atomic E-state index is 0.00541. The first-order valence-corrected chi connectivity index (χ1v) is 10.7. The normalized spacial score (nSPS) is 18.9. The molecule has 0 bridgehead atoms. The minimum atomic E-state index is -3.03. The first-order chi connectivity index (χ1) is 12.6. The van der Waals surface area contributed by atoms with Crippen molar-refractivity contribution in [3.8, 4) is 0 Å². The van der Waals surface area contributed by atoms with E-state index in [1.807, 2.05) is 26.0 Å². The van der Waals surface area contributed by atoms with Gasteiger partial charge in [-0.3, -0.25) is 9.69 Å². The van der Waals surface area contributed by atoms with Crippen LogP contribution in [0.1, 0.15) is 23.1 Å². The molecule has 0 saturated carbocycles. The van der Waals surface area contributed by atoms with E-state index in [4.69, 9.17) is 4.42 Å². The van der Waals surface area contributed by atoms with Crippen molar-refractivity contribution in [2.75, 3.05) is 25.1 Å². The molecule has 1 aromatic carbocycles. The van der Waals surface area contributed by atoms with Gasteiger partial charge in [0.2, 0.25) is 5.91 Å². The number of carbonyl (C=O) groups excluding carboxylic acids is 1. The molecule has 0 aliphatic carbocycles. The highest BCUT2D eigenvalue weighted by Crippen LogP contribution is 2.23. The van der Waals surface area contributed by atoms with Crippen LogP contribution in [0.15, 0.2) is 27.4 Å². The third kappa shape index (κ3) is 4.56. The lowest BCUT2D eigenvalue weighted by Gasteiger charge is -2.19. The molecule has 27 heavy (non-hydrogen) atoms. The molecule has 7 nitrogen and oxygen atoms in total. The number of rotatable bonds is 5. The molecule has 1 aliphatic rings. The van der Waals surface area contributed by atoms with Crippen molar-refractivity contribution in [1.82, 2.24) is 10.2 Å². The lowest BCUT2D eigenvalue weighted by molar-refractivity contribution is -0.122. The van der Waals surface area contributed by atoms with Gasteiger partial charge in [0.15, 0.2) is 9.84 Å². The van der Waals surface area contributed by atoms with Crippen molar-refractivity contribution >= 4 is 26.7 Å². The van der Waals surface area contributed by atoms with Crippen LogP contribution in [0.4, 0.5) is 0 Å². The highest BCUT2D eigenvalue weighted by molar-refractivity contribution is 7.91. The van der Waals surface area contributed by atoms with Crippen molar-refractivity contribution in [2.45, 2.75) is 32.9 Å². The molecule has 1 aromatic heterocycles. The van der Waals surface area contributed by atoms with Crippen molar-refractivity contribution in [3.05, 3.63) is 45.3 Å². The highest BCUT2D eigenvalue weighted by atomic mass is 32.2. The molecule has 1 aliphatic heterocycles. The van der Waals surface area contributed by atoms with Gasteiger partial charge in [0.25, 0.3) is 0 Å². The average molecular weight is 392 g/mol. The zero-order valence-electron chi connectivity index (χ0n) is 15.7. The fraction of sp³-hybridized carbons (Fsp3) is 0.474. The molecule has 146 valence electrons. The third-order valence-electron chi connectivity index (χ3n) is 4.97. The molecule has 1 unspecified atom stereocenters. The summed E-state index contributed by atoms with van der Waals surface area (Å²) < 4.78 is 28.4. The van der Waals surface area contributed by atoms with Gasteiger partial charge in [-0.15, -0.1) is 0 Å². The van der Waals surface area contributed by atoms with Gasteiger partial charge in [0, 0.05) is 24.0 Å². The molecule has 3 rings (SSSR count). The Labute approximate surface area is 158 Å². The maximum Gasteiger partial charge on any atom is 0.336 e. The molecular formula is C19H24N2O5S. The van der Waals surface area contributed by atoms with Gasteiger partial charge < -0.3 is 9.73 Å². The topological polar surface area (TPSA) is 96.7 Å². The van der Waals surface area contributed by atoms with Gasteiger partial charge >= 0.3 is 5.63 Å². The Hall–Kier alpha value is -2.19. The summed E-state index contributed by atoms with van der Waals surface area (Å²) in [6.45, 7) is 4.39. The molecule has 1 atom stereocenters. The van der Waals surface area contributed by atoms with Crippen LogP contribution in [0, 0.1) is 13.8 Å². The van der Waals surface area contributed by atoms with Crippen LogP contribution >= 0.6 is 0 Å². The predicted octanol–water partition coefficient (Wildman–Crippen LogP) is 1.14. The second kappa shape index (κ2) is 7.44. The van der Waals surface area contributed by atoms with E-state index in [0.717, 1.165) is 22.1 Å². The van der Waals surface area contributed by atoms with E-state index < -0.39 is 15.5 Å². The number of likely N-dealkylation sites (N-methyl/N-ethyl adjacent to an activating group) is 1. The Balaban J connectivity index is 1.71. The molecular weight excluding hydrogens is 368 g/mol. The van der Waals surface area contributed by atoms with Crippen LogP contribution in [-0.4, -0.2) is 50.4 Å². The van der Waals surface area contributed by atoms with E-state index in [0.29, 0.717) is 18.5 Å². The predicted molar refractivity (Wildman–Crippen MR) is 103 cm³/mol. The molecule has 2 aromatic rings. The van der Waals surface area contributed by atoms with Crippen molar-refractivity contribution < 1.29 is 17.6 Å². The summed E-state index contributed by atoms with van der Waals surface area (Å²) in [5.74, 6) is -0.0945. The average Bonchev–Trinajstić information content (AvgIpc) is 2.89. The second-order valence-electron chi connectivity index (χ2n) is 7.31. The van der Waals surface area contributed by atoms with E-state index in [9.17, 15) is 18.0 Å². The molecule has 1 N–H and O–H groups in total. The summed E-state index contributed by atoms with van der Waals surface area (Å²) in [4.78, 5) is 25.9. The van der Waals surface area contributed by atoms with Crippen molar-refractivity contribution in [1.29, 1.82) is 0 Å². The molecule has 1 amide bonds. The van der Waals surface area contributed by atoms with Crippen LogP contribution in [0.3, 0.4) is 0 Å². The second-order valence-corrected chi connectivity index (χ2v) is 9.54. The fourth-order valence-electron chi connectivity index (χ4n) is 3.43. The number of benzene rings is 1. The van der Waals surface area contributed by atoms with Crippen LogP contribution in [0.2, 0.25) is 0 Å². The van der Waals surface area contributed by atoms with Crippen LogP contribution in [0.25, 0.3) is 11.0 Å². The van der Waals surface area contributed by atoms with Gasteiger partial charge in [-0.1, -0.05) is 12.1 Å². The summed E-state index contributed by atoms with van der Waals surface area (Å²) >= 11 is 0. The first kappa shape index (κ1) is 19.6. The number of aryl methyl sites for hydroxylation is 2. The Morgan fingerprint density at radius 1 is 1.33 bits per heavy atom. The Morgan fingerprint density at radius 3 is 2.74 bits per heavy atom. The molecule has 2 heterocycles. The van der Waals surface area contributed by atoms with Gasteiger partial charge in [-0.05, 0) is 44.0 Å². The van der Waals surface area contributed by atoms with Crippen molar-refractivity contribution in [2.24, 2.45) is 0 Å². The number of sulfone groups is 1. The summed E-state index contributed by atoms with van der Waals surface area (Å²) in [7, 11) is -1.24. The van der Waals surface area contributed by atoms with E-state index in [1.54, 1.807) is 11.9 Å². The highest BCUT2D eigenvalue weighted by Gasteiger charge is 2.29. The summed E-state index contributed by atoms with van der Waals surface area (Å²) in [6.07, 6.45) is 0.459. The molecule has 0 spiro atoms. The van der Waals surface area contributed by atoms with Gasteiger partial charge in [0.1, 0.15) is 5.58 Å². The summed E-state index contributed by atoms with van der Waals surface area (Å²) in [6, 6.07) is 5.04. The third-order valence-corrected chi connectivity index (χ3v) is 6.74. The van der Waals surface area contributed by atoms with Gasteiger partial charge in [-0.25, -0.2) is 13.2 Å². The number of hydrogen-bond acceptors (Lipinski definition) is 6. The zero-order chi connectivity index (χ0) is 19.8. The molecule has 8 heteroatoms. The quantitative estimate of drug-likeness (QED) is 0.767. The smallest absolute Gasteiger partial charge is 0.336 e. The lowest BCUT2D eigenvalue weighted by Crippen LogP contribution is -2.41. The molecule has 1 fully saturated rings. The standard InChI is InChI=1S/C19H24N2O5S/c1-12-4-5-16-14(8-18(23)26-19(16)13(12)2)9-21(3)10-17(22)20-15-6-7-27(24,25)11-15/h4-5,8,15H,6-7,9-11H2,1-3H3,(H,20,22). The SMILES string of the molecule is Cc1ccc2c(CN(C)CC(=O)NC3CCS(=O)(=O)C3)cc(=O)oc2c1C. The Kier molecular flexibility index (Phi) is 5.39. The number of hydrogen-bond donors (Lipinski definition) is 1. The van der Waals surface area contributed by atoms with Crippen molar-refractivity contribution in [3.63, 3.8) is 0 Å². The number of amides is 1. The molecule has 1 saturated heterocycles. The first-order valence-electron chi connectivity index (χ1n) is 8.86. The van der Waals surface area contributed by atoms with Crippen LogP contribution < -0.4 is 10.9 Å². The van der Waals surface area contributed by atoms with E-state index in [-0.39, 0.29) is 30.0 Å². The van der Waals surface area contributed by atoms with E-state index in [2.05, 4.69) is 5.32 Å². The number of fused-ring (bicyclic) bond motifs is 1. The number of carbonyl (C=O) groups is 1. The zero-order valence-corrected chi connectivity index (χ0v) is 16.6. The fourth-order valence-corrected chi connectivity index (χ4v) is 5.10. The maximum atomic E-state index is 12.2. The Bertz CT molecular complexity index is 1040. The monoisotopic (exact) mass is 392 g/mol. The lowest BCUT2D eigenvalue weighted by atomic mass is 10.0.